The lowest BCUT2D eigenvalue weighted by Gasteiger charge is -2.54. The number of hydrogen-bond donors (Lipinski definition) is 1. The molecule has 0 aromatic heterocycles. The Balaban J connectivity index is 1.25. The highest BCUT2D eigenvalue weighted by Gasteiger charge is 2.63. The van der Waals surface area contributed by atoms with Crippen LogP contribution in [0, 0.1) is 23.7 Å². The molecule has 2 aromatic rings. The van der Waals surface area contributed by atoms with Crippen LogP contribution >= 0.6 is 0 Å². The van der Waals surface area contributed by atoms with Gasteiger partial charge in [-0.05, 0) is 79.8 Å². The van der Waals surface area contributed by atoms with E-state index in [9.17, 15) is 5.11 Å². The molecule has 51 heavy (non-hydrogen) atoms. The number of rotatable bonds is 12. The number of ether oxygens (including phenoxy) is 4. The zero-order valence-electron chi connectivity index (χ0n) is 33.1. The minimum atomic E-state index is -2.71. The fourth-order valence-corrected chi connectivity index (χ4v) is 14.5. The molecule has 7 heteroatoms. The van der Waals surface area contributed by atoms with Gasteiger partial charge in [-0.2, -0.15) is 0 Å². The lowest BCUT2D eigenvalue weighted by atomic mass is 9.77. The smallest absolute Gasteiger partial charge is 0.261 e. The third-order valence-corrected chi connectivity index (χ3v) is 18.4. The van der Waals surface area contributed by atoms with Gasteiger partial charge in [0.05, 0.1) is 29.5 Å². The zero-order chi connectivity index (χ0) is 36.9. The molecule has 4 heterocycles. The molecule has 0 unspecified atom stereocenters. The van der Waals surface area contributed by atoms with Crippen LogP contribution in [0.25, 0.3) is 0 Å². The lowest BCUT2D eigenvalue weighted by molar-refractivity contribution is -0.400. The fourth-order valence-electron chi connectivity index (χ4n) is 9.86. The Morgan fingerprint density at radius 1 is 0.902 bits per heavy atom. The predicted molar refractivity (Wildman–Crippen MR) is 208 cm³/mol. The molecule has 0 aliphatic carbocycles. The topological polar surface area (TPSA) is 69.7 Å². The molecule has 2 spiro atoms. The van der Waals surface area contributed by atoms with E-state index in [-0.39, 0.29) is 40.6 Å². The van der Waals surface area contributed by atoms with Crippen LogP contribution in [0.5, 0.6) is 0 Å². The van der Waals surface area contributed by atoms with E-state index >= 15 is 0 Å². The molecule has 0 saturated carbocycles. The van der Waals surface area contributed by atoms with Crippen LogP contribution in [0.3, 0.4) is 0 Å². The third kappa shape index (κ3) is 6.99. The largest absolute Gasteiger partial charge is 0.407 e. The Morgan fingerprint density at radius 2 is 1.51 bits per heavy atom. The predicted octanol–water partition coefficient (Wildman–Crippen LogP) is 8.54. The summed E-state index contributed by atoms with van der Waals surface area (Å²) in [6, 6.07) is 21.8. The number of hydrogen-bond acceptors (Lipinski definition) is 6. The molecule has 4 aliphatic rings. The molecule has 11 atom stereocenters. The minimum Gasteiger partial charge on any atom is -0.407 e. The van der Waals surface area contributed by atoms with E-state index in [0.29, 0.717) is 25.4 Å². The molecule has 3 fully saturated rings. The molecule has 2 aromatic carbocycles. The summed E-state index contributed by atoms with van der Waals surface area (Å²) in [4.78, 5) is 0. The zero-order valence-corrected chi connectivity index (χ0v) is 34.1. The summed E-state index contributed by atoms with van der Waals surface area (Å²) in [5, 5.41) is 14.2. The maximum absolute atomic E-state index is 11.7. The molecular weight excluding hydrogens is 653 g/mol. The van der Waals surface area contributed by atoms with Crippen LogP contribution in [-0.4, -0.2) is 61.1 Å². The Hall–Kier alpha value is -1.84. The van der Waals surface area contributed by atoms with Gasteiger partial charge < -0.3 is 28.5 Å². The first-order valence-electron chi connectivity index (χ1n) is 20.0. The van der Waals surface area contributed by atoms with Gasteiger partial charge in [-0.15, -0.1) is 0 Å². The van der Waals surface area contributed by atoms with Gasteiger partial charge in [-0.25, -0.2) is 0 Å². The highest BCUT2D eigenvalue weighted by Crippen LogP contribution is 2.56. The maximum atomic E-state index is 11.7. The molecule has 3 saturated heterocycles. The van der Waals surface area contributed by atoms with E-state index < -0.39 is 31.6 Å². The SMILES string of the molecule is CC[C@@H](CO[Si](c1ccccc1)(c1ccccc1)C(C)(C)C)[C@H]1O[C@@]2(C=CC[C@]3(O[C@@](CC)([C@@H](O)CC[C@]4(C)O[C@H]4C)C[C@H]3C)O2)[C@H](C)C[C@@H]1C. The molecule has 0 bridgehead atoms. The average Bonchev–Trinajstić information content (AvgIpc) is 3.62. The van der Waals surface area contributed by atoms with Crippen molar-refractivity contribution in [1.29, 1.82) is 0 Å². The number of epoxide rings is 1. The van der Waals surface area contributed by atoms with Gasteiger partial charge in [0.1, 0.15) is 0 Å². The first-order valence-corrected chi connectivity index (χ1v) is 21.9. The second-order valence-electron chi connectivity index (χ2n) is 17.8. The van der Waals surface area contributed by atoms with Gasteiger partial charge in [0, 0.05) is 30.8 Å². The summed E-state index contributed by atoms with van der Waals surface area (Å²) in [6.07, 6.45) is 9.49. The summed E-state index contributed by atoms with van der Waals surface area (Å²) >= 11 is 0. The number of aliphatic hydroxyl groups is 1. The Bertz CT molecular complexity index is 1450. The van der Waals surface area contributed by atoms with Crippen LogP contribution in [0.4, 0.5) is 0 Å². The van der Waals surface area contributed by atoms with E-state index in [2.05, 4.69) is 142 Å². The summed E-state index contributed by atoms with van der Waals surface area (Å²) in [5.74, 6) is -1.03. The Morgan fingerprint density at radius 3 is 2.04 bits per heavy atom. The van der Waals surface area contributed by atoms with Crippen molar-refractivity contribution in [1.82, 2.24) is 0 Å². The van der Waals surface area contributed by atoms with Crippen molar-refractivity contribution in [3.8, 4) is 0 Å². The standard InChI is InChI=1S/C44H66O6Si/c1-11-35(30-46-51(40(7,8)9,36-20-15-13-16-21-36)37-22-17-14-18-23-37)39-31(3)28-32(4)43(48-39)25-19-26-44(50-43)33(5)29-42(12-2,49-44)38(45)24-27-41(10)34(6)47-41/h13-23,25,31-35,38-39,45H,11-12,24,26-30H2,1-10H3/t31-,32+,33+,34-,35-,38-,39-,41-,42+,43+,44-/m0/s1. The first kappa shape index (κ1) is 38.9. The van der Waals surface area contributed by atoms with E-state index in [1.54, 1.807) is 0 Å². The quantitative estimate of drug-likeness (QED) is 0.135. The van der Waals surface area contributed by atoms with Crippen molar-refractivity contribution in [2.24, 2.45) is 23.7 Å². The number of aliphatic hydroxyl groups excluding tert-OH is 1. The summed E-state index contributed by atoms with van der Waals surface area (Å²) in [6.45, 7) is 23.1. The monoisotopic (exact) mass is 718 g/mol. The second-order valence-corrected chi connectivity index (χ2v) is 22.1. The Labute approximate surface area is 309 Å². The average molecular weight is 719 g/mol. The molecule has 282 valence electrons. The van der Waals surface area contributed by atoms with Gasteiger partial charge in [0.15, 0.2) is 11.6 Å². The van der Waals surface area contributed by atoms with Gasteiger partial charge in [0.2, 0.25) is 0 Å². The van der Waals surface area contributed by atoms with Crippen molar-refractivity contribution in [2.75, 3.05) is 6.61 Å². The first-order chi connectivity index (χ1) is 24.1. The van der Waals surface area contributed by atoms with E-state index in [0.717, 1.165) is 32.1 Å². The van der Waals surface area contributed by atoms with E-state index in [1.807, 2.05) is 0 Å². The fraction of sp³-hybridized carbons (Fsp3) is 0.682. The van der Waals surface area contributed by atoms with Crippen LogP contribution in [-0.2, 0) is 23.4 Å². The van der Waals surface area contributed by atoms with Crippen LogP contribution in [0.15, 0.2) is 72.8 Å². The van der Waals surface area contributed by atoms with Crippen molar-refractivity contribution in [3.05, 3.63) is 72.8 Å². The molecule has 0 amide bonds. The molecule has 1 N–H and O–H groups in total. The van der Waals surface area contributed by atoms with Crippen molar-refractivity contribution in [2.45, 2.75) is 160 Å². The minimum absolute atomic E-state index is 0.0521. The Kier molecular flexibility index (Phi) is 11.0. The highest BCUT2D eigenvalue weighted by atomic mass is 28.4. The highest BCUT2D eigenvalue weighted by molar-refractivity contribution is 6.99. The number of benzene rings is 2. The van der Waals surface area contributed by atoms with Crippen molar-refractivity contribution < 1.29 is 28.5 Å². The van der Waals surface area contributed by atoms with Crippen LogP contribution < -0.4 is 10.4 Å². The summed E-state index contributed by atoms with van der Waals surface area (Å²) < 4.78 is 35.1. The lowest BCUT2D eigenvalue weighted by Crippen LogP contribution is -2.67. The van der Waals surface area contributed by atoms with Crippen LogP contribution in [0.2, 0.25) is 5.04 Å². The van der Waals surface area contributed by atoms with Gasteiger partial charge in [0.25, 0.3) is 8.32 Å². The van der Waals surface area contributed by atoms with Crippen molar-refractivity contribution in [3.63, 3.8) is 0 Å². The van der Waals surface area contributed by atoms with E-state index in [1.165, 1.54) is 10.4 Å². The van der Waals surface area contributed by atoms with E-state index in [4.69, 9.17) is 23.4 Å². The maximum Gasteiger partial charge on any atom is 0.261 e. The molecule has 6 nitrogen and oxygen atoms in total. The molecule has 0 radical (unpaired) electrons. The molecular formula is C44H66O6Si. The van der Waals surface area contributed by atoms with Gasteiger partial charge >= 0.3 is 0 Å². The normalized spacial score (nSPS) is 37.9. The second kappa shape index (κ2) is 14.4. The summed E-state index contributed by atoms with van der Waals surface area (Å²) in [7, 11) is -2.71. The molecule has 6 rings (SSSR count). The van der Waals surface area contributed by atoms with Gasteiger partial charge in [-0.3, -0.25) is 0 Å². The van der Waals surface area contributed by atoms with Crippen LogP contribution in [0.1, 0.15) is 114 Å². The van der Waals surface area contributed by atoms with Gasteiger partial charge in [-0.1, -0.05) is 122 Å². The van der Waals surface area contributed by atoms with Crippen molar-refractivity contribution >= 4 is 18.7 Å². The molecule has 4 aliphatic heterocycles. The summed E-state index contributed by atoms with van der Waals surface area (Å²) in [5.41, 5.74) is -0.805. The third-order valence-electron chi connectivity index (χ3n) is 13.4.